The lowest BCUT2D eigenvalue weighted by molar-refractivity contribution is -0.124. The first-order valence-corrected chi connectivity index (χ1v) is 14.5. The second kappa shape index (κ2) is 13.3. The summed E-state index contributed by atoms with van der Waals surface area (Å²) in [6.45, 7) is 5.11. The van der Waals surface area contributed by atoms with Crippen molar-refractivity contribution in [3.8, 4) is 5.69 Å². The molecule has 1 fully saturated rings. The Balaban J connectivity index is 1.22. The maximum atomic E-state index is 13.5. The fourth-order valence-corrected chi connectivity index (χ4v) is 5.69. The lowest BCUT2D eigenvalue weighted by Gasteiger charge is -2.37. The number of rotatable bonds is 11. The molecule has 1 aromatic heterocycles. The average molecular weight is 538 g/mol. The highest BCUT2D eigenvalue weighted by molar-refractivity contribution is 5.84. The largest absolute Gasteiger partial charge is 0.372 e. The van der Waals surface area contributed by atoms with E-state index in [0.717, 1.165) is 67.7 Å². The lowest BCUT2D eigenvalue weighted by Crippen LogP contribution is -2.40. The Kier molecular flexibility index (Phi) is 9.11. The first-order valence-electron chi connectivity index (χ1n) is 14.5. The van der Waals surface area contributed by atoms with E-state index in [9.17, 15) is 9.59 Å². The third kappa shape index (κ3) is 6.53. The molecule has 0 aliphatic carbocycles. The normalized spacial score (nSPS) is 14.7. The van der Waals surface area contributed by atoms with Gasteiger partial charge in [-0.3, -0.25) is 4.79 Å². The second-order valence-electron chi connectivity index (χ2n) is 10.6. The molecule has 5 rings (SSSR count). The number of unbranched alkanes of at least 4 members (excludes halogenated alkanes) is 2. The number of carbonyl (C=O) groups is 1. The quantitative estimate of drug-likeness (QED) is 0.255. The van der Waals surface area contributed by atoms with Crippen molar-refractivity contribution in [3.05, 3.63) is 113 Å². The van der Waals surface area contributed by atoms with Crippen molar-refractivity contribution in [2.75, 3.05) is 18.0 Å². The number of hydrogen-bond acceptors (Lipinski definition) is 4. The smallest absolute Gasteiger partial charge is 0.350 e. The molecule has 40 heavy (non-hydrogen) atoms. The van der Waals surface area contributed by atoms with Crippen molar-refractivity contribution in [3.63, 3.8) is 0 Å². The molecule has 1 unspecified atom stereocenters. The summed E-state index contributed by atoms with van der Waals surface area (Å²) >= 11 is 0. The van der Waals surface area contributed by atoms with E-state index < -0.39 is 0 Å². The fourth-order valence-electron chi connectivity index (χ4n) is 5.69. The summed E-state index contributed by atoms with van der Waals surface area (Å²) in [5, 5.41) is 7.49. The van der Waals surface area contributed by atoms with E-state index in [1.165, 1.54) is 0 Å². The molecule has 0 bridgehead atoms. The molecule has 7 nitrogen and oxygen atoms in total. The maximum Gasteiger partial charge on any atom is 0.350 e. The van der Waals surface area contributed by atoms with Crippen molar-refractivity contribution in [2.45, 2.75) is 58.0 Å². The fraction of sp³-hybridized carbons (Fsp3) is 0.364. The molecule has 3 aromatic carbocycles. The van der Waals surface area contributed by atoms with Gasteiger partial charge in [0.05, 0.1) is 11.6 Å². The van der Waals surface area contributed by atoms with Crippen LogP contribution < -0.4 is 15.9 Å². The molecule has 7 heteroatoms. The Morgan fingerprint density at radius 3 is 2.23 bits per heavy atom. The van der Waals surface area contributed by atoms with E-state index in [1.54, 1.807) is 15.6 Å². The topological polar surface area (TPSA) is 72.2 Å². The van der Waals surface area contributed by atoms with Crippen molar-refractivity contribution < 1.29 is 4.79 Å². The van der Waals surface area contributed by atoms with Crippen LogP contribution in [0.3, 0.4) is 0 Å². The average Bonchev–Trinajstić information content (AvgIpc) is 3.37. The molecule has 1 N–H and O–H groups in total. The summed E-state index contributed by atoms with van der Waals surface area (Å²) in [5.41, 5.74) is 4.05. The van der Waals surface area contributed by atoms with Gasteiger partial charge in [-0.15, -0.1) is 0 Å². The van der Waals surface area contributed by atoms with Gasteiger partial charge in [-0.25, -0.2) is 14.0 Å². The minimum Gasteiger partial charge on any atom is -0.372 e. The van der Waals surface area contributed by atoms with Gasteiger partial charge >= 0.3 is 5.69 Å². The highest BCUT2D eigenvalue weighted by atomic mass is 16.2. The second-order valence-corrected chi connectivity index (χ2v) is 10.6. The van der Waals surface area contributed by atoms with E-state index in [2.05, 4.69) is 46.5 Å². The Labute approximate surface area is 236 Å². The summed E-state index contributed by atoms with van der Waals surface area (Å²) in [6.07, 6.45) is 6.65. The van der Waals surface area contributed by atoms with Crippen LogP contribution in [-0.2, 0) is 17.9 Å². The first-order chi connectivity index (χ1) is 19.6. The Hall–Kier alpha value is -4.13. The highest BCUT2D eigenvalue weighted by Crippen LogP contribution is 2.34. The summed E-state index contributed by atoms with van der Waals surface area (Å²) in [5.74, 6) is 0.194. The first kappa shape index (κ1) is 27.4. The van der Waals surface area contributed by atoms with E-state index in [-0.39, 0.29) is 23.4 Å². The van der Waals surface area contributed by atoms with Gasteiger partial charge in [0.25, 0.3) is 0 Å². The Bertz CT molecular complexity index is 1400. The van der Waals surface area contributed by atoms with Crippen LogP contribution in [0, 0.1) is 5.92 Å². The monoisotopic (exact) mass is 537 g/mol. The number of aromatic nitrogens is 3. The number of amides is 1. The maximum absolute atomic E-state index is 13.5. The third-order valence-electron chi connectivity index (χ3n) is 7.96. The zero-order valence-corrected chi connectivity index (χ0v) is 23.3. The molecule has 208 valence electrons. The molecule has 0 radical (unpaired) electrons. The molecule has 0 spiro atoms. The molecule has 2 heterocycles. The van der Waals surface area contributed by atoms with Crippen LogP contribution in [0.4, 0.5) is 5.69 Å². The molecular weight excluding hydrogens is 498 g/mol. The minimum absolute atomic E-state index is 0.0952. The van der Waals surface area contributed by atoms with Gasteiger partial charge < -0.3 is 10.2 Å². The summed E-state index contributed by atoms with van der Waals surface area (Å²) < 4.78 is 3.16. The number of piperidine rings is 1. The number of anilines is 1. The molecule has 1 atom stereocenters. The molecule has 1 saturated heterocycles. The van der Waals surface area contributed by atoms with E-state index in [4.69, 9.17) is 0 Å². The lowest BCUT2D eigenvalue weighted by atomic mass is 9.79. The minimum atomic E-state index is -0.171. The predicted molar refractivity (Wildman–Crippen MR) is 160 cm³/mol. The van der Waals surface area contributed by atoms with Crippen molar-refractivity contribution >= 4 is 11.6 Å². The van der Waals surface area contributed by atoms with Gasteiger partial charge in [-0.2, -0.15) is 5.10 Å². The van der Waals surface area contributed by atoms with E-state index in [1.807, 2.05) is 60.7 Å². The van der Waals surface area contributed by atoms with Crippen molar-refractivity contribution in [1.82, 2.24) is 19.7 Å². The number of aryl methyl sites for hydroxylation is 1. The zero-order valence-electron chi connectivity index (χ0n) is 23.3. The van der Waals surface area contributed by atoms with Gasteiger partial charge in [-0.1, -0.05) is 80.4 Å². The number of benzene rings is 3. The molecular formula is C33H39N5O2. The number of nitrogens with zero attached hydrogens (tertiary/aromatic N) is 4. The number of hydrogen-bond donors (Lipinski definition) is 1. The third-order valence-corrected chi connectivity index (χ3v) is 7.96. The van der Waals surface area contributed by atoms with E-state index >= 15 is 0 Å². The molecule has 1 amide bonds. The summed E-state index contributed by atoms with van der Waals surface area (Å²) in [6, 6.07) is 28.4. The van der Waals surface area contributed by atoms with Crippen molar-refractivity contribution in [1.29, 1.82) is 0 Å². The van der Waals surface area contributed by atoms with Gasteiger partial charge in [0.1, 0.15) is 6.33 Å². The summed E-state index contributed by atoms with van der Waals surface area (Å²) in [7, 11) is 0. The SMILES string of the molecule is CCCCCn1ncn(-c2ccc(N3CCC(C(C(=O)NCc4ccccc4)c4ccccc4)CC3)cc2)c1=O. The van der Waals surface area contributed by atoms with Gasteiger partial charge in [0, 0.05) is 31.9 Å². The number of carbonyl (C=O) groups excluding carboxylic acids is 1. The molecule has 0 saturated carbocycles. The zero-order chi connectivity index (χ0) is 27.7. The predicted octanol–water partition coefficient (Wildman–Crippen LogP) is 5.54. The van der Waals surface area contributed by atoms with Crippen molar-refractivity contribution in [2.24, 2.45) is 5.92 Å². The van der Waals surface area contributed by atoms with Gasteiger partial charge in [0.15, 0.2) is 0 Å². The standard InChI is InChI=1S/C33H39N5O2/c1-2-3-10-21-38-33(40)37(25-35-38)30-17-15-29(16-18-30)36-22-19-28(20-23-36)31(27-13-8-5-9-14-27)32(39)34-24-26-11-6-4-7-12-26/h4-9,11-18,25,28,31H,2-3,10,19-24H2,1H3,(H,34,39). The van der Waals surface area contributed by atoms with Gasteiger partial charge in [-0.05, 0) is 60.6 Å². The molecule has 1 aliphatic heterocycles. The molecule has 4 aromatic rings. The number of nitrogens with one attached hydrogen (secondary N) is 1. The van der Waals surface area contributed by atoms with Gasteiger partial charge in [0.2, 0.25) is 5.91 Å². The van der Waals surface area contributed by atoms with Crippen LogP contribution in [0.5, 0.6) is 0 Å². The van der Waals surface area contributed by atoms with Crippen LogP contribution in [0.25, 0.3) is 5.69 Å². The highest BCUT2D eigenvalue weighted by Gasteiger charge is 2.32. The molecule has 1 aliphatic rings. The van der Waals surface area contributed by atoms with Crippen LogP contribution in [0.2, 0.25) is 0 Å². The Morgan fingerprint density at radius 1 is 0.900 bits per heavy atom. The summed E-state index contributed by atoms with van der Waals surface area (Å²) in [4.78, 5) is 28.6. The van der Waals surface area contributed by atoms with Crippen LogP contribution in [0.15, 0.2) is 96.1 Å². The van der Waals surface area contributed by atoms with E-state index in [0.29, 0.717) is 13.1 Å². The Morgan fingerprint density at radius 2 is 1.55 bits per heavy atom. The van der Waals surface area contributed by atoms with Crippen LogP contribution in [0.1, 0.15) is 56.1 Å². The van der Waals surface area contributed by atoms with Crippen LogP contribution in [-0.4, -0.2) is 33.3 Å². The van der Waals surface area contributed by atoms with Crippen LogP contribution >= 0.6 is 0 Å².